The van der Waals surface area contributed by atoms with E-state index in [4.69, 9.17) is 0 Å². The van der Waals surface area contributed by atoms with Crippen LogP contribution in [0.1, 0.15) is 80.6 Å². The summed E-state index contributed by atoms with van der Waals surface area (Å²) in [6.45, 7) is 2.20. The van der Waals surface area contributed by atoms with Crippen LogP contribution in [0, 0.1) is 23.4 Å². The summed E-state index contributed by atoms with van der Waals surface area (Å²) in [4.78, 5) is 0. The lowest BCUT2D eigenvalue weighted by molar-refractivity contribution is 0.208. The third-order valence-corrected chi connectivity index (χ3v) is 5.87. The van der Waals surface area contributed by atoms with Gasteiger partial charge in [-0.3, -0.25) is 0 Å². The van der Waals surface area contributed by atoms with Crippen LogP contribution < -0.4 is 0 Å². The van der Waals surface area contributed by atoms with Crippen molar-refractivity contribution in [3.63, 3.8) is 0 Å². The molecule has 0 radical (unpaired) electrons. The van der Waals surface area contributed by atoms with E-state index in [-0.39, 0.29) is 11.5 Å². The Morgan fingerprint density at radius 2 is 1.63 bits per heavy atom. The van der Waals surface area contributed by atoms with E-state index in [2.05, 4.69) is 6.92 Å². The Morgan fingerprint density at radius 1 is 0.963 bits per heavy atom. The van der Waals surface area contributed by atoms with E-state index in [1.807, 2.05) is 0 Å². The molecule has 1 nitrogen and oxygen atoms in total. The van der Waals surface area contributed by atoms with E-state index < -0.39 is 29.1 Å². The number of unbranched alkanes of at least 4 members (excludes halogenated alkanes) is 1. The van der Waals surface area contributed by atoms with Crippen molar-refractivity contribution in [2.45, 2.75) is 63.9 Å². The molecule has 0 aromatic heterocycles. The first-order chi connectivity index (χ1) is 13.0. The molecule has 4 heteroatoms. The first-order valence-electron chi connectivity index (χ1n) is 9.92. The van der Waals surface area contributed by atoms with Gasteiger partial charge in [0, 0.05) is 0 Å². The van der Waals surface area contributed by atoms with E-state index >= 15 is 0 Å². The Labute approximate surface area is 159 Å². The van der Waals surface area contributed by atoms with Crippen LogP contribution in [0.4, 0.5) is 13.2 Å². The smallest absolute Gasteiger partial charge is 0.132 e. The molecule has 3 rings (SSSR count). The van der Waals surface area contributed by atoms with Crippen LogP contribution in [-0.4, -0.2) is 5.11 Å². The Kier molecular flexibility index (Phi) is 6.59. The molecule has 1 atom stereocenters. The molecule has 2 aromatic rings. The van der Waals surface area contributed by atoms with E-state index in [0.29, 0.717) is 5.56 Å². The molecule has 2 aromatic carbocycles. The molecule has 146 valence electrons. The van der Waals surface area contributed by atoms with Crippen molar-refractivity contribution in [1.82, 2.24) is 0 Å². The number of aliphatic hydroxyl groups is 1. The van der Waals surface area contributed by atoms with Crippen LogP contribution in [-0.2, 0) is 0 Å². The molecular formula is C23H27F3O. The van der Waals surface area contributed by atoms with E-state index in [9.17, 15) is 18.3 Å². The van der Waals surface area contributed by atoms with Crippen LogP contribution in [0.3, 0.4) is 0 Å². The molecule has 0 aliphatic heterocycles. The molecule has 27 heavy (non-hydrogen) atoms. The van der Waals surface area contributed by atoms with Gasteiger partial charge in [-0.15, -0.1) is 0 Å². The van der Waals surface area contributed by atoms with Crippen LogP contribution in [0.5, 0.6) is 0 Å². The van der Waals surface area contributed by atoms with Crippen molar-refractivity contribution in [1.29, 1.82) is 0 Å². The quantitative estimate of drug-likeness (QED) is 0.598. The monoisotopic (exact) mass is 376 g/mol. The van der Waals surface area contributed by atoms with Gasteiger partial charge >= 0.3 is 0 Å². The predicted octanol–water partition coefficient (Wildman–Crippen LogP) is 6.65. The summed E-state index contributed by atoms with van der Waals surface area (Å²) in [5.41, 5.74) is 0.367. The van der Waals surface area contributed by atoms with E-state index in [1.54, 1.807) is 12.1 Å². The molecule has 0 heterocycles. The highest BCUT2D eigenvalue weighted by molar-refractivity contribution is 5.35. The second kappa shape index (κ2) is 8.92. The first kappa shape index (κ1) is 19.9. The summed E-state index contributed by atoms with van der Waals surface area (Å²) in [6, 6.07) is 7.88. The lowest BCUT2D eigenvalue weighted by Gasteiger charge is -2.29. The zero-order valence-corrected chi connectivity index (χ0v) is 15.7. The van der Waals surface area contributed by atoms with Crippen LogP contribution in [0.2, 0.25) is 0 Å². The van der Waals surface area contributed by atoms with E-state index in [0.717, 1.165) is 43.7 Å². The van der Waals surface area contributed by atoms with Crippen molar-refractivity contribution < 1.29 is 18.3 Å². The minimum Gasteiger partial charge on any atom is -0.383 e. The van der Waals surface area contributed by atoms with E-state index in [1.165, 1.54) is 31.4 Å². The molecular weight excluding hydrogens is 349 g/mol. The third-order valence-electron chi connectivity index (χ3n) is 5.87. The number of benzene rings is 2. The maximum absolute atomic E-state index is 14.7. The molecule has 1 saturated carbocycles. The molecule has 1 aliphatic carbocycles. The standard InChI is InChI=1S/C23H27F3O/c1-2-3-5-15-8-10-16(11-9-15)18-13-12-17(14-21(18)26)23(27)22-19(24)6-4-7-20(22)25/h4,6-7,12-16,23,27H,2-3,5,8-11H2,1H3. The topological polar surface area (TPSA) is 20.2 Å². The van der Waals surface area contributed by atoms with Crippen LogP contribution in [0.25, 0.3) is 0 Å². The average molecular weight is 376 g/mol. The lowest BCUT2D eigenvalue weighted by atomic mass is 9.76. The SMILES string of the molecule is CCCCC1CCC(c2ccc(C(O)c3c(F)cccc3F)cc2F)CC1. The summed E-state index contributed by atoms with van der Waals surface area (Å²) in [7, 11) is 0. The van der Waals surface area contributed by atoms with Crippen molar-refractivity contribution in [2.24, 2.45) is 5.92 Å². The Hall–Kier alpha value is -1.81. The Morgan fingerprint density at radius 3 is 2.22 bits per heavy atom. The number of hydrogen-bond donors (Lipinski definition) is 1. The summed E-state index contributed by atoms with van der Waals surface area (Å²) < 4.78 is 42.5. The van der Waals surface area contributed by atoms with Gasteiger partial charge in [-0.25, -0.2) is 13.2 Å². The lowest BCUT2D eigenvalue weighted by Crippen LogP contribution is -2.15. The fourth-order valence-corrected chi connectivity index (χ4v) is 4.24. The summed E-state index contributed by atoms with van der Waals surface area (Å²) >= 11 is 0. The molecule has 1 unspecified atom stereocenters. The van der Waals surface area contributed by atoms with Gasteiger partial charge in [0.05, 0.1) is 5.56 Å². The van der Waals surface area contributed by atoms with Crippen molar-refractivity contribution in [3.05, 3.63) is 70.5 Å². The maximum Gasteiger partial charge on any atom is 0.132 e. The minimum absolute atomic E-state index is 0.164. The van der Waals surface area contributed by atoms with Crippen LogP contribution in [0.15, 0.2) is 36.4 Å². The highest BCUT2D eigenvalue weighted by atomic mass is 19.1. The molecule has 0 amide bonds. The molecule has 1 aliphatic rings. The zero-order valence-electron chi connectivity index (χ0n) is 15.7. The number of aliphatic hydroxyl groups excluding tert-OH is 1. The second-order valence-electron chi connectivity index (χ2n) is 7.68. The van der Waals surface area contributed by atoms with Gasteiger partial charge in [-0.2, -0.15) is 0 Å². The second-order valence-corrected chi connectivity index (χ2v) is 7.68. The maximum atomic E-state index is 14.7. The zero-order chi connectivity index (χ0) is 19.4. The van der Waals surface area contributed by atoms with Crippen molar-refractivity contribution in [3.8, 4) is 0 Å². The minimum atomic E-state index is -1.53. The molecule has 0 spiro atoms. The first-order valence-corrected chi connectivity index (χ1v) is 9.92. The highest BCUT2D eigenvalue weighted by Crippen LogP contribution is 2.39. The predicted molar refractivity (Wildman–Crippen MR) is 101 cm³/mol. The number of hydrogen-bond acceptors (Lipinski definition) is 1. The molecule has 0 saturated heterocycles. The van der Waals surface area contributed by atoms with Crippen molar-refractivity contribution >= 4 is 0 Å². The largest absolute Gasteiger partial charge is 0.383 e. The molecule has 0 bridgehead atoms. The fourth-order valence-electron chi connectivity index (χ4n) is 4.24. The van der Waals surface area contributed by atoms with Gasteiger partial charge in [-0.1, -0.05) is 44.4 Å². The Bertz CT molecular complexity index is 746. The van der Waals surface area contributed by atoms with Gasteiger partial charge in [0.1, 0.15) is 23.6 Å². The van der Waals surface area contributed by atoms with Gasteiger partial charge in [0.2, 0.25) is 0 Å². The normalized spacial score (nSPS) is 21.2. The Balaban J connectivity index is 1.73. The fraction of sp³-hybridized carbons (Fsp3) is 0.478. The van der Waals surface area contributed by atoms with Gasteiger partial charge in [0.25, 0.3) is 0 Å². The van der Waals surface area contributed by atoms with Gasteiger partial charge in [-0.05, 0) is 66.8 Å². The van der Waals surface area contributed by atoms with Crippen LogP contribution >= 0.6 is 0 Å². The summed E-state index contributed by atoms with van der Waals surface area (Å²) in [5, 5.41) is 10.3. The highest BCUT2D eigenvalue weighted by Gasteiger charge is 2.26. The molecule has 1 N–H and O–H groups in total. The molecule has 1 fully saturated rings. The summed E-state index contributed by atoms with van der Waals surface area (Å²) in [6.07, 6.45) is 6.36. The van der Waals surface area contributed by atoms with Gasteiger partial charge in [0.15, 0.2) is 0 Å². The average Bonchev–Trinajstić information content (AvgIpc) is 2.66. The van der Waals surface area contributed by atoms with Gasteiger partial charge < -0.3 is 5.11 Å². The number of halogens is 3. The van der Waals surface area contributed by atoms with Crippen molar-refractivity contribution in [2.75, 3.05) is 0 Å². The third kappa shape index (κ3) is 4.55. The number of rotatable bonds is 6. The summed E-state index contributed by atoms with van der Waals surface area (Å²) in [5.74, 6) is -1.15.